The molecule has 3 nitrogen and oxygen atoms in total. The second kappa shape index (κ2) is 5.75. The molecule has 2 aromatic rings. The van der Waals surface area contributed by atoms with Gasteiger partial charge >= 0.3 is 0 Å². The van der Waals surface area contributed by atoms with Crippen molar-refractivity contribution in [1.29, 1.82) is 0 Å². The van der Waals surface area contributed by atoms with Gasteiger partial charge in [-0.1, -0.05) is 22.0 Å². The third-order valence-corrected chi connectivity index (χ3v) is 3.73. The van der Waals surface area contributed by atoms with E-state index in [2.05, 4.69) is 37.2 Å². The fourth-order valence-electron chi connectivity index (χ4n) is 1.61. The van der Waals surface area contributed by atoms with Crippen LogP contribution in [0.4, 0.5) is 5.69 Å². The fraction of sp³-hybridized carbons (Fsp3) is 0.0714. The minimum Gasteiger partial charge on any atom is -0.507 e. The molecule has 19 heavy (non-hydrogen) atoms. The first-order valence-electron chi connectivity index (χ1n) is 5.53. The minimum absolute atomic E-state index is 0.0225. The van der Waals surface area contributed by atoms with E-state index in [1.54, 1.807) is 24.3 Å². The maximum absolute atomic E-state index is 12.1. The van der Waals surface area contributed by atoms with Crippen LogP contribution in [0.5, 0.6) is 5.75 Å². The second-order valence-electron chi connectivity index (χ2n) is 4.10. The maximum atomic E-state index is 12.1. The molecule has 0 aliphatic carbocycles. The summed E-state index contributed by atoms with van der Waals surface area (Å²) in [4.78, 5) is 12.1. The Morgan fingerprint density at radius 3 is 2.53 bits per heavy atom. The Bertz CT molecular complexity index is 641. The lowest BCUT2D eigenvalue weighted by Crippen LogP contribution is -2.12. The van der Waals surface area contributed by atoms with E-state index < -0.39 is 0 Å². The van der Waals surface area contributed by atoms with Crippen molar-refractivity contribution in [3.63, 3.8) is 0 Å². The summed E-state index contributed by atoms with van der Waals surface area (Å²) in [6.45, 7) is 1.85. The van der Waals surface area contributed by atoms with Gasteiger partial charge in [-0.05, 0) is 58.7 Å². The first-order chi connectivity index (χ1) is 8.97. The largest absolute Gasteiger partial charge is 0.507 e. The molecule has 0 heterocycles. The smallest absolute Gasteiger partial charge is 0.259 e. The molecule has 98 valence electrons. The lowest BCUT2D eigenvalue weighted by molar-refractivity contribution is 0.102. The number of carbonyl (C=O) groups is 1. The van der Waals surface area contributed by atoms with Gasteiger partial charge < -0.3 is 10.4 Å². The summed E-state index contributed by atoms with van der Waals surface area (Å²) in [6.07, 6.45) is 0. The topological polar surface area (TPSA) is 49.3 Å². The summed E-state index contributed by atoms with van der Waals surface area (Å²) >= 11 is 6.72. The van der Waals surface area contributed by atoms with Crippen molar-refractivity contribution in [2.24, 2.45) is 0 Å². The molecule has 0 radical (unpaired) electrons. The zero-order valence-corrected chi connectivity index (χ0v) is 13.2. The molecule has 0 fully saturated rings. The number of benzene rings is 2. The molecule has 0 aromatic heterocycles. The van der Waals surface area contributed by atoms with Gasteiger partial charge in [-0.2, -0.15) is 0 Å². The van der Waals surface area contributed by atoms with E-state index in [0.29, 0.717) is 5.69 Å². The Labute approximate surface area is 127 Å². The lowest BCUT2D eigenvalue weighted by atomic mass is 10.1. The average molecular weight is 385 g/mol. The molecule has 0 aliphatic heterocycles. The van der Waals surface area contributed by atoms with Crippen LogP contribution in [0, 0.1) is 6.92 Å². The van der Waals surface area contributed by atoms with E-state index in [9.17, 15) is 9.90 Å². The number of halogens is 2. The van der Waals surface area contributed by atoms with Crippen LogP contribution >= 0.6 is 31.9 Å². The Kier molecular flexibility index (Phi) is 4.27. The number of amides is 1. The molecule has 5 heteroatoms. The molecule has 0 saturated carbocycles. The first-order valence-corrected chi connectivity index (χ1v) is 7.12. The number of rotatable bonds is 2. The standard InChI is InChI=1S/C14H11Br2NO2/c1-8-2-4-10(13(18)6-8)14(19)17-12-5-3-9(15)7-11(12)16/h2-7,18H,1H3,(H,17,19). The number of hydrogen-bond donors (Lipinski definition) is 2. The number of phenols is 1. The highest BCUT2D eigenvalue weighted by Gasteiger charge is 2.12. The molecule has 1 amide bonds. The van der Waals surface area contributed by atoms with Gasteiger partial charge in [-0.25, -0.2) is 0 Å². The molecule has 0 bridgehead atoms. The Balaban J connectivity index is 2.25. The molecule has 0 spiro atoms. The number of phenolic OH excluding ortho intramolecular Hbond substituents is 1. The first kappa shape index (κ1) is 14.1. The van der Waals surface area contributed by atoms with Gasteiger partial charge in [0.25, 0.3) is 5.91 Å². The summed E-state index contributed by atoms with van der Waals surface area (Å²) in [6, 6.07) is 10.4. The molecule has 0 aliphatic rings. The van der Waals surface area contributed by atoms with Crippen molar-refractivity contribution in [1.82, 2.24) is 0 Å². The zero-order chi connectivity index (χ0) is 14.0. The van der Waals surface area contributed by atoms with Gasteiger partial charge in [-0.15, -0.1) is 0 Å². The monoisotopic (exact) mass is 383 g/mol. The summed E-state index contributed by atoms with van der Waals surface area (Å²) in [7, 11) is 0. The highest BCUT2D eigenvalue weighted by Crippen LogP contribution is 2.27. The SMILES string of the molecule is Cc1ccc(C(=O)Nc2ccc(Br)cc2Br)c(O)c1. The van der Waals surface area contributed by atoms with Gasteiger partial charge in [0.1, 0.15) is 5.75 Å². The van der Waals surface area contributed by atoms with Crippen LogP contribution < -0.4 is 5.32 Å². The molecular weight excluding hydrogens is 374 g/mol. The average Bonchev–Trinajstić information content (AvgIpc) is 2.32. The number of aromatic hydroxyl groups is 1. The van der Waals surface area contributed by atoms with Gasteiger partial charge in [0.2, 0.25) is 0 Å². The van der Waals surface area contributed by atoms with Crippen molar-refractivity contribution in [2.75, 3.05) is 5.32 Å². The summed E-state index contributed by atoms with van der Waals surface area (Å²) < 4.78 is 1.68. The van der Waals surface area contributed by atoms with E-state index in [1.807, 2.05) is 19.1 Å². The van der Waals surface area contributed by atoms with Crippen molar-refractivity contribution in [3.8, 4) is 5.75 Å². The molecule has 2 N–H and O–H groups in total. The second-order valence-corrected chi connectivity index (χ2v) is 5.87. The van der Waals surface area contributed by atoms with Crippen LogP contribution in [-0.4, -0.2) is 11.0 Å². The summed E-state index contributed by atoms with van der Waals surface area (Å²) in [5.74, 6) is -0.369. The zero-order valence-electron chi connectivity index (χ0n) is 10.1. The van der Waals surface area contributed by atoms with Gasteiger partial charge in [0, 0.05) is 8.95 Å². The highest BCUT2D eigenvalue weighted by atomic mass is 79.9. The van der Waals surface area contributed by atoms with Crippen molar-refractivity contribution in [3.05, 3.63) is 56.5 Å². The minimum atomic E-state index is -0.347. The molecule has 2 aromatic carbocycles. The molecule has 2 rings (SSSR count). The van der Waals surface area contributed by atoms with E-state index in [0.717, 1.165) is 14.5 Å². The quantitative estimate of drug-likeness (QED) is 0.801. The van der Waals surface area contributed by atoms with Crippen molar-refractivity contribution >= 4 is 43.5 Å². The van der Waals surface area contributed by atoms with Gasteiger partial charge in [0.15, 0.2) is 0 Å². The maximum Gasteiger partial charge on any atom is 0.259 e. The van der Waals surface area contributed by atoms with E-state index in [-0.39, 0.29) is 17.2 Å². The van der Waals surface area contributed by atoms with E-state index >= 15 is 0 Å². The predicted molar refractivity (Wildman–Crippen MR) is 82.6 cm³/mol. The van der Waals surface area contributed by atoms with Crippen LogP contribution in [0.3, 0.4) is 0 Å². The number of carbonyl (C=O) groups excluding carboxylic acids is 1. The van der Waals surface area contributed by atoms with Crippen LogP contribution in [-0.2, 0) is 0 Å². The van der Waals surface area contributed by atoms with Crippen molar-refractivity contribution in [2.45, 2.75) is 6.92 Å². The molecule has 0 unspecified atom stereocenters. The van der Waals surface area contributed by atoms with Crippen LogP contribution in [0.15, 0.2) is 45.3 Å². The van der Waals surface area contributed by atoms with Gasteiger partial charge in [0.05, 0.1) is 11.3 Å². The Morgan fingerprint density at radius 1 is 1.16 bits per heavy atom. The van der Waals surface area contributed by atoms with Crippen molar-refractivity contribution < 1.29 is 9.90 Å². The van der Waals surface area contributed by atoms with Crippen LogP contribution in [0.2, 0.25) is 0 Å². The summed E-state index contributed by atoms with van der Waals surface area (Å²) in [5, 5.41) is 12.5. The lowest BCUT2D eigenvalue weighted by Gasteiger charge is -2.09. The normalized spacial score (nSPS) is 10.3. The fourth-order valence-corrected chi connectivity index (χ4v) is 2.76. The number of aryl methyl sites for hydroxylation is 1. The Hall–Kier alpha value is -1.33. The number of anilines is 1. The Morgan fingerprint density at radius 2 is 1.89 bits per heavy atom. The predicted octanol–water partition coefficient (Wildman–Crippen LogP) is 4.48. The number of nitrogens with one attached hydrogen (secondary N) is 1. The van der Waals surface area contributed by atoms with Crippen LogP contribution in [0.1, 0.15) is 15.9 Å². The van der Waals surface area contributed by atoms with Gasteiger partial charge in [-0.3, -0.25) is 4.79 Å². The molecule has 0 saturated heterocycles. The van der Waals surface area contributed by atoms with E-state index in [4.69, 9.17) is 0 Å². The third-order valence-electron chi connectivity index (χ3n) is 2.58. The third kappa shape index (κ3) is 3.36. The summed E-state index contributed by atoms with van der Waals surface area (Å²) in [5.41, 5.74) is 1.80. The number of hydrogen-bond acceptors (Lipinski definition) is 2. The highest BCUT2D eigenvalue weighted by molar-refractivity contribution is 9.11. The molecule has 0 atom stereocenters. The van der Waals surface area contributed by atoms with Crippen LogP contribution in [0.25, 0.3) is 0 Å². The van der Waals surface area contributed by atoms with E-state index in [1.165, 1.54) is 0 Å². The molecular formula is C14H11Br2NO2.